The standard InChI is InChI=1S/C25H32N2O6/c1-15(2)22-19-9-8-18(32-14-20-21(31-6)10-7-16(3)26-20)13-17(19)11-12-27(22)24(30)33-25(4,5)23(28)29/h7-10,13,15,22H,11-12,14H2,1-6H3,(H,28,29). The van der Waals surface area contributed by atoms with E-state index in [1.54, 1.807) is 12.0 Å². The Labute approximate surface area is 194 Å². The first-order valence-electron chi connectivity index (χ1n) is 11.0. The third kappa shape index (κ3) is 5.38. The molecule has 1 aromatic carbocycles. The Morgan fingerprint density at radius 2 is 1.97 bits per heavy atom. The van der Waals surface area contributed by atoms with Crippen LogP contribution in [0.4, 0.5) is 4.79 Å². The summed E-state index contributed by atoms with van der Waals surface area (Å²) in [5.74, 6) is 0.314. The second-order valence-electron chi connectivity index (χ2n) is 9.07. The van der Waals surface area contributed by atoms with Crippen molar-refractivity contribution in [1.29, 1.82) is 0 Å². The van der Waals surface area contributed by atoms with Gasteiger partial charge in [-0.05, 0) is 68.5 Å². The molecule has 1 N–H and O–H groups in total. The fourth-order valence-electron chi connectivity index (χ4n) is 4.01. The molecule has 1 aliphatic heterocycles. The third-order valence-corrected chi connectivity index (χ3v) is 5.78. The van der Waals surface area contributed by atoms with Gasteiger partial charge in [-0.2, -0.15) is 0 Å². The van der Waals surface area contributed by atoms with Gasteiger partial charge >= 0.3 is 12.1 Å². The zero-order chi connectivity index (χ0) is 24.3. The lowest BCUT2D eigenvalue weighted by molar-refractivity contribution is -0.156. The summed E-state index contributed by atoms with van der Waals surface area (Å²) < 4.78 is 16.7. The number of pyridine rings is 1. The first kappa shape index (κ1) is 24.4. The van der Waals surface area contributed by atoms with E-state index in [1.807, 2.05) is 51.1 Å². The maximum absolute atomic E-state index is 12.9. The summed E-state index contributed by atoms with van der Waals surface area (Å²) in [6.45, 7) is 9.43. The van der Waals surface area contributed by atoms with Gasteiger partial charge in [0.25, 0.3) is 0 Å². The highest BCUT2D eigenvalue weighted by atomic mass is 16.6. The summed E-state index contributed by atoms with van der Waals surface area (Å²) in [4.78, 5) is 30.4. The van der Waals surface area contributed by atoms with Gasteiger partial charge in [0.2, 0.25) is 5.60 Å². The second-order valence-corrected chi connectivity index (χ2v) is 9.07. The molecule has 3 rings (SSSR count). The average Bonchev–Trinajstić information content (AvgIpc) is 2.76. The zero-order valence-corrected chi connectivity index (χ0v) is 20.0. The average molecular weight is 457 g/mol. The largest absolute Gasteiger partial charge is 0.495 e. The Morgan fingerprint density at radius 3 is 2.61 bits per heavy atom. The minimum absolute atomic E-state index is 0.108. The molecule has 2 aromatic rings. The van der Waals surface area contributed by atoms with Crippen LogP contribution in [0, 0.1) is 12.8 Å². The Kier molecular flexibility index (Phi) is 7.15. The van der Waals surface area contributed by atoms with E-state index in [2.05, 4.69) is 4.98 Å². The number of carbonyl (C=O) groups excluding carboxylic acids is 1. The van der Waals surface area contributed by atoms with Crippen LogP contribution in [0.2, 0.25) is 0 Å². The molecule has 1 aliphatic rings. The Hall–Kier alpha value is -3.29. The van der Waals surface area contributed by atoms with E-state index in [-0.39, 0.29) is 18.6 Å². The van der Waals surface area contributed by atoms with Gasteiger partial charge in [0.1, 0.15) is 23.8 Å². The van der Waals surface area contributed by atoms with E-state index >= 15 is 0 Å². The molecule has 1 unspecified atom stereocenters. The molecule has 2 heterocycles. The SMILES string of the molecule is COc1ccc(C)nc1COc1ccc2c(c1)CCN(C(=O)OC(C)(C)C(=O)O)C2C(C)C. The summed E-state index contributed by atoms with van der Waals surface area (Å²) >= 11 is 0. The zero-order valence-electron chi connectivity index (χ0n) is 20.0. The normalized spacial score (nSPS) is 15.7. The first-order valence-corrected chi connectivity index (χ1v) is 11.0. The molecule has 1 amide bonds. The van der Waals surface area contributed by atoms with Crippen LogP contribution in [0.5, 0.6) is 11.5 Å². The lowest BCUT2D eigenvalue weighted by atomic mass is 9.86. The van der Waals surface area contributed by atoms with Gasteiger partial charge in [-0.15, -0.1) is 0 Å². The maximum Gasteiger partial charge on any atom is 0.411 e. The van der Waals surface area contributed by atoms with Crippen molar-refractivity contribution in [3.63, 3.8) is 0 Å². The molecule has 8 nitrogen and oxygen atoms in total. The van der Waals surface area contributed by atoms with Crippen molar-refractivity contribution in [3.05, 3.63) is 52.8 Å². The van der Waals surface area contributed by atoms with Crippen LogP contribution < -0.4 is 9.47 Å². The summed E-state index contributed by atoms with van der Waals surface area (Å²) in [7, 11) is 1.61. The molecule has 0 radical (unpaired) electrons. The number of carboxylic acids is 1. The highest BCUT2D eigenvalue weighted by molar-refractivity contribution is 5.81. The summed E-state index contributed by atoms with van der Waals surface area (Å²) in [6, 6.07) is 9.39. The Bertz CT molecular complexity index is 1030. The first-order chi connectivity index (χ1) is 15.5. The molecule has 0 bridgehead atoms. The number of carbonyl (C=O) groups is 2. The minimum atomic E-state index is -1.60. The molecule has 1 aromatic heterocycles. The fraction of sp³-hybridized carbons (Fsp3) is 0.480. The number of aromatic nitrogens is 1. The van der Waals surface area contributed by atoms with Crippen molar-refractivity contribution < 1.29 is 28.9 Å². The van der Waals surface area contributed by atoms with E-state index in [1.165, 1.54) is 13.8 Å². The number of ether oxygens (including phenoxy) is 3. The van der Waals surface area contributed by atoms with Crippen LogP contribution >= 0.6 is 0 Å². The summed E-state index contributed by atoms with van der Waals surface area (Å²) in [6.07, 6.45) is -0.00521. The van der Waals surface area contributed by atoms with Gasteiger partial charge in [0.15, 0.2) is 0 Å². The van der Waals surface area contributed by atoms with Gasteiger partial charge in [-0.25, -0.2) is 9.59 Å². The van der Waals surface area contributed by atoms with Crippen LogP contribution in [0.3, 0.4) is 0 Å². The molecule has 0 aliphatic carbocycles. The number of aliphatic carboxylic acids is 1. The van der Waals surface area contributed by atoms with E-state index in [0.29, 0.717) is 24.5 Å². The smallest absolute Gasteiger partial charge is 0.411 e. The van der Waals surface area contributed by atoms with Crippen LogP contribution in [-0.4, -0.2) is 46.3 Å². The molecular formula is C25H32N2O6. The topological polar surface area (TPSA) is 98.2 Å². The van der Waals surface area contributed by atoms with Gasteiger partial charge < -0.3 is 24.2 Å². The van der Waals surface area contributed by atoms with E-state index in [0.717, 1.165) is 22.5 Å². The molecule has 0 saturated heterocycles. The lowest BCUT2D eigenvalue weighted by Crippen LogP contribution is -2.47. The Balaban J connectivity index is 1.79. The predicted octanol–water partition coefficient (Wildman–Crippen LogP) is 4.53. The molecule has 33 heavy (non-hydrogen) atoms. The lowest BCUT2D eigenvalue weighted by Gasteiger charge is -2.40. The molecule has 0 spiro atoms. The number of hydrogen-bond donors (Lipinski definition) is 1. The Morgan fingerprint density at radius 1 is 1.24 bits per heavy atom. The van der Waals surface area contributed by atoms with Crippen molar-refractivity contribution >= 4 is 12.1 Å². The minimum Gasteiger partial charge on any atom is -0.495 e. The summed E-state index contributed by atoms with van der Waals surface area (Å²) in [5.41, 5.74) is 2.13. The van der Waals surface area contributed by atoms with Gasteiger partial charge in [-0.1, -0.05) is 19.9 Å². The van der Waals surface area contributed by atoms with Crippen LogP contribution in [0.1, 0.15) is 56.3 Å². The van der Waals surface area contributed by atoms with Crippen molar-refractivity contribution in [1.82, 2.24) is 9.88 Å². The van der Waals surface area contributed by atoms with Crippen molar-refractivity contribution in [2.75, 3.05) is 13.7 Å². The van der Waals surface area contributed by atoms with Crippen molar-refractivity contribution in [2.24, 2.45) is 5.92 Å². The van der Waals surface area contributed by atoms with Crippen LogP contribution in [-0.2, 0) is 22.6 Å². The van der Waals surface area contributed by atoms with E-state index < -0.39 is 17.7 Å². The van der Waals surface area contributed by atoms with Crippen molar-refractivity contribution in [3.8, 4) is 11.5 Å². The number of rotatable bonds is 7. The van der Waals surface area contributed by atoms with Crippen LogP contribution in [0.15, 0.2) is 30.3 Å². The number of methoxy groups -OCH3 is 1. The molecule has 178 valence electrons. The van der Waals surface area contributed by atoms with E-state index in [9.17, 15) is 14.7 Å². The predicted molar refractivity (Wildman–Crippen MR) is 122 cm³/mol. The molecule has 8 heteroatoms. The van der Waals surface area contributed by atoms with Gasteiger partial charge in [-0.3, -0.25) is 4.98 Å². The van der Waals surface area contributed by atoms with E-state index in [4.69, 9.17) is 14.2 Å². The van der Waals surface area contributed by atoms with Crippen LogP contribution in [0.25, 0.3) is 0 Å². The molecule has 0 saturated carbocycles. The maximum atomic E-state index is 12.9. The van der Waals surface area contributed by atoms with Gasteiger partial charge in [0.05, 0.1) is 13.2 Å². The molecular weight excluding hydrogens is 424 g/mol. The van der Waals surface area contributed by atoms with Gasteiger partial charge in [0, 0.05) is 12.2 Å². The number of aryl methyl sites for hydroxylation is 1. The monoisotopic (exact) mass is 456 g/mol. The quantitative estimate of drug-likeness (QED) is 0.653. The number of amides is 1. The second kappa shape index (κ2) is 9.68. The highest BCUT2D eigenvalue weighted by Gasteiger charge is 2.39. The molecule has 1 atom stereocenters. The fourth-order valence-corrected chi connectivity index (χ4v) is 4.01. The highest BCUT2D eigenvalue weighted by Crippen LogP contribution is 2.38. The third-order valence-electron chi connectivity index (χ3n) is 5.78. The number of hydrogen-bond acceptors (Lipinski definition) is 6. The number of benzene rings is 1. The molecule has 0 fully saturated rings. The van der Waals surface area contributed by atoms with Crippen molar-refractivity contribution in [2.45, 2.75) is 59.3 Å². The summed E-state index contributed by atoms with van der Waals surface area (Å²) in [5, 5.41) is 9.31. The number of fused-ring (bicyclic) bond motifs is 1. The number of nitrogens with zero attached hydrogens (tertiary/aromatic N) is 2. The number of carboxylic acid groups (broad SMARTS) is 1.